The lowest BCUT2D eigenvalue weighted by Crippen LogP contribution is -2.44. The summed E-state index contributed by atoms with van der Waals surface area (Å²) in [5, 5.41) is 7.31. The van der Waals surface area contributed by atoms with Crippen LogP contribution in [-0.2, 0) is 0 Å². The molecule has 1 aliphatic heterocycles. The third kappa shape index (κ3) is 5.10. The van der Waals surface area contributed by atoms with Crippen LogP contribution >= 0.6 is 11.3 Å². The van der Waals surface area contributed by atoms with E-state index in [4.69, 9.17) is 11.5 Å². The summed E-state index contributed by atoms with van der Waals surface area (Å²) in [7, 11) is 0. The van der Waals surface area contributed by atoms with Gasteiger partial charge in [-0.2, -0.15) is 0 Å². The lowest BCUT2D eigenvalue weighted by molar-refractivity contribution is 0.102. The Kier molecular flexibility index (Phi) is 7.24. The minimum absolute atomic E-state index is 0.0679. The molecule has 0 saturated carbocycles. The summed E-state index contributed by atoms with van der Waals surface area (Å²) in [4.78, 5) is 37.6. The highest BCUT2D eigenvalue weighted by Crippen LogP contribution is 2.38. The minimum Gasteiger partial charge on any atom is -0.397 e. The number of carbonyl (C=O) groups excluding carboxylic acids is 2. The molecule has 1 saturated heterocycles. The predicted molar refractivity (Wildman–Crippen MR) is 136 cm³/mol. The maximum absolute atomic E-state index is 13.2. The molecular weight excluding hydrogens is 452 g/mol. The third-order valence-electron chi connectivity index (χ3n) is 5.54. The van der Waals surface area contributed by atoms with Gasteiger partial charge in [0.25, 0.3) is 5.91 Å². The standard InChI is InChI=1S/C23H28N8O2S/c1-2-27-23(33)31(21-11-26-8-7-20(21)30-9-3-4-15(24)12-30)19-6-5-16(10-17(19)25)29-22(32)18-13-34-14-28-18/h5-8,10-11,13-15H,2-4,9,12,24-25H2,1H3,(H,27,33)(H,29,32)/t15-/m0/s1. The number of pyridine rings is 1. The van der Waals surface area contributed by atoms with E-state index in [-0.39, 0.29) is 18.0 Å². The van der Waals surface area contributed by atoms with E-state index in [0.717, 1.165) is 25.1 Å². The summed E-state index contributed by atoms with van der Waals surface area (Å²) < 4.78 is 0. The molecule has 4 rings (SSSR count). The van der Waals surface area contributed by atoms with Gasteiger partial charge in [0.05, 0.1) is 34.5 Å². The van der Waals surface area contributed by atoms with Crippen molar-refractivity contribution in [3.05, 3.63) is 53.2 Å². The summed E-state index contributed by atoms with van der Waals surface area (Å²) >= 11 is 1.34. The first kappa shape index (κ1) is 23.5. The molecule has 0 radical (unpaired) electrons. The van der Waals surface area contributed by atoms with Crippen molar-refractivity contribution in [3.8, 4) is 0 Å². The predicted octanol–water partition coefficient (Wildman–Crippen LogP) is 3.17. The van der Waals surface area contributed by atoms with Crippen molar-refractivity contribution in [3.63, 3.8) is 0 Å². The van der Waals surface area contributed by atoms with Crippen molar-refractivity contribution in [2.75, 3.05) is 40.5 Å². The van der Waals surface area contributed by atoms with Crippen LogP contribution in [0.15, 0.2) is 47.5 Å². The molecule has 11 heteroatoms. The van der Waals surface area contributed by atoms with Crippen molar-refractivity contribution >= 4 is 51.7 Å². The van der Waals surface area contributed by atoms with E-state index in [1.54, 1.807) is 41.5 Å². The van der Waals surface area contributed by atoms with E-state index in [9.17, 15) is 9.59 Å². The number of anilines is 5. The molecule has 0 unspecified atom stereocenters. The van der Waals surface area contributed by atoms with Crippen LogP contribution in [0.5, 0.6) is 0 Å². The molecule has 34 heavy (non-hydrogen) atoms. The number of aromatic nitrogens is 2. The largest absolute Gasteiger partial charge is 0.397 e. The Bertz CT molecular complexity index is 1150. The van der Waals surface area contributed by atoms with Gasteiger partial charge in [-0.1, -0.05) is 0 Å². The van der Waals surface area contributed by atoms with Gasteiger partial charge < -0.3 is 27.0 Å². The molecule has 0 aliphatic carbocycles. The highest BCUT2D eigenvalue weighted by molar-refractivity contribution is 7.07. The highest BCUT2D eigenvalue weighted by atomic mass is 32.1. The number of nitrogens with zero attached hydrogens (tertiary/aromatic N) is 4. The van der Waals surface area contributed by atoms with Gasteiger partial charge in [0.2, 0.25) is 0 Å². The Morgan fingerprint density at radius 2 is 2.15 bits per heavy atom. The van der Waals surface area contributed by atoms with Crippen LogP contribution in [-0.4, -0.2) is 47.6 Å². The van der Waals surface area contributed by atoms with Crippen LogP contribution in [0.3, 0.4) is 0 Å². The van der Waals surface area contributed by atoms with Gasteiger partial charge in [0.15, 0.2) is 0 Å². The van der Waals surface area contributed by atoms with Crippen LogP contribution in [0.1, 0.15) is 30.3 Å². The number of amides is 3. The van der Waals surface area contributed by atoms with Crippen molar-refractivity contribution < 1.29 is 9.59 Å². The number of nitrogens with two attached hydrogens (primary N) is 2. The van der Waals surface area contributed by atoms with E-state index < -0.39 is 0 Å². The second-order valence-electron chi connectivity index (χ2n) is 7.99. The molecule has 1 aromatic carbocycles. The van der Waals surface area contributed by atoms with E-state index in [0.29, 0.717) is 41.5 Å². The number of carbonyl (C=O) groups is 2. The number of benzene rings is 1. The van der Waals surface area contributed by atoms with E-state index >= 15 is 0 Å². The smallest absolute Gasteiger partial charge is 0.326 e. The zero-order chi connectivity index (χ0) is 24.1. The SMILES string of the molecule is CCNC(=O)N(c1ccc(NC(=O)c2cscn2)cc1N)c1cnccc1N1CCC[C@H](N)C1. The average molecular weight is 481 g/mol. The van der Waals surface area contributed by atoms with E-state index in [1.165, 1.54) is 16.2 Å². The van der Waals surface area contributed by atoms with Crippen molar-refractivity contribution in [1.29, 1.82) is 0 Å². The molecule has 3 heterocycles. The van der Waals surface area contributed by atoms with Gasteiger partial charge in [-0.05, 0) is 44.0 Å². The van der Waals surface area contributed by atoms with Crippen LogP contribution in [0.2, 0.25) is 0 Å². The second kappa shape index (κ2) is 10.5. The Morgan fingerprint density at radius 1 is 1.29 bits per heavy atom. The summed E-state index contributed by atoms with van der Waals surface area (Å²) in [5.74, 6) is -0.329. The fourth-order valence-electron chi connectivity index (χ4n) is 3.98. The molecule has 3 amide bonds. The summed E-state index contributed by atoms with van der Waals surface area (Å²) in [5.41, 5.74) is 17.3. The van der Waals surface area contributed by atoms with Gasteiger partial charge in [-0.3, -0.25) is 14.7 Å². The number of hydrogen-bond acceptors (Lipinski definition) is 8. The highest BCUT2D eigenvalue weighted by Gasteiger charge is 2.27. The first-order valence-corrected chi connectivity index (χ1v) is 12.0. The molecular formula is C23H28N8O2S. The quantitative estimate of drug-likeness (QED) is 0.397. The van der Waals surface area contributed by atoms with Crippen LogP contribution < -0.4 is 31.9 Å². The first-order valence-electron chi connectivity index (χ1n) is 11.1. The molecule has 3 aromatic rings. The number of hydrogen-bond donors (Lipinski definition) is 4. The van der Waals surface area contributed by atoms with Gasteiger partial charge in [0.1, 0.15) is 5.69 Å². The van der Waals surface area contributed by atoms with Crippen LogP contribution in [0.4, 0.5) is 33.2 Å². The first-order chi connectivity index (χ1) is 16.5. The van der Waals surface area contributed by atoms with Gasteiger partial charge >= 0.3 is 6.03 Å². The van der Waals surface area contributed by atoms with Gasteiger partial charge in [0, 0.05) is 42.9 Å². The van der Waals surface area contributed by atoms with Crippen molar-refractivity contribution in [1.82, 2.24) is 15.3 Å². The normalized spacial score (nSPS) is 15.6. The molecule has 1 atom stereocenters. The molecule has 0 spiro atoms. The van der Waals surface area contributed by atoms with E-state index in [1.807, 2.05) is 13.0 Å². The molecule has 1 aliphatic rings. The Labute approximate surface area is 202 Å². The molecule has 178 valence electrons. The van der Waals surface area contributed by atoms with Crippen LogP contribution in [0, 0.1) is 0 Å². The monoisotopic (exact) mass is 480 g/mol. The molecule has 0 bridgehead atoms. The fraction of sp³-hybridized carbons (Fsp3) is 0.304. The number of thiazole rings is 1. The molecule has 6 N–H and O–H groups in total. The third-order valence-corrected chi connectivity index (χ3v) is 6.13. The fourth-order valence-corrected chi connectivity index (χ4v) is 4.51. The number of urea groups is 1. The summed E-state index contributed by atoms with van der Waals surface area (Å²) in [6.45, 7) is 3.83. The zero-order valence-electron chi connectivity index (χ0n) is 18.9. The number of nitrogen functional groups attached to an aromatic ring is 1. The molecule has 10 nitrogen and oxygen atoms in total. The lowest BCUT2D eigenvalue weighted by Gasteiger charge is -2.36. The maximum atomic E-state index is 13.2. The summed E-state index contributed by atoms with van der Waals surface area (Å²) in [6, 6.07) is 6.66. The number of piperidine rings is 1. The van der Waals surface area contributed by atoms with Crippen molar-refractivity contribution in [2.24, 2.45) is 5.73 Å². The zero-order valence-corrected chi connectivity index (χ0v) is 19.7. The summed E-state index contributed by atoms with van der Waals surface area (Å²) in [6.07, 6.45) is 5.30. The Balaban J connectivity index is 1.69. The molecule has 1 fully saturated rings. The van der Waals surface area contributed by atoms with Gasteiger partial charge in [-0.15, -0.1) is 11.3 Å². The van der Waals surface area contributed by atoms with E-state index in [2.05, 4.69) is 25.5 Å². The van der Waals surface area contributed by atoms with Crippen LogP contribution in [0.25, 0.3) is 0 Å². The number of rotatable bonds is 6. The minimum atomic E-state index is -0.330. The average Bonchev–Trinajstić information content (AvgIpc) is 3.36. The topological polar surface area (TPSA) is 142 Å². The number of nitrogens with one attached hydrogen (secondary N) is 2. The Morgan fingerprint density at radius 3 is 2.85 bits per heavy atom. The Hall–Kier alpha value is -3.70. The maximum Gasteiger partial charge on any atom is 0.326 e. The van der Waals surface area contributed by atoms with Gasteiger partial charge in [-0.25, -0.2) is 9.78 Å². The van der Waals surface area contributed by atoms with Crippen molar-refractivity contribution in [2.45, 2.75) is 25.8 Å². The molecule has 2 aromatic heterocycles. The lowest BCUT2D eigenvalue weighted by atomic mass is 10.1. The second-order valence-corrected chi connectivity index (χ2v) is 8.70.